The van der Waals surface area contributed by atoms with Gasteiger partial charge in [0.1, 0.15) is 0 Å². The average molecular weight is 463 g/mol. The number of ether oxygens (including phenoxy) is 1. The Bertz CT molecular complexity index is 1250. The van der Waals surface area contributed by atoms with Crippen LogP contribution in [0.2, 0.25) is 5.02 Å². The predicted octanol–water partition coefficient (Wildman–Crippen LogP) is 2.74. The van der Waals surface area contributed by atoms with Crippen LogP contribution in [0.3, 0.4) is 0 Å². The number of nitrogens with zero attached hydrogens (tertiary/aromatic N) is 3. The van der Waals surface area contributed by atoms with Gasteiger partial charge in [0.15, 0.2) is 28.0 Å². The smallest absolute Gasteiger partial charge is 0.359 e. The van der Waals surface area contributed by atoms with Gasteiger partial charge in [-0.15, -0.1) is 0 Å². The number of sulfone groups is 1. The Morgan fingerprint density at radius 3 is 2.39 bits per heavy atom. The molecule has 0 aliphatic rings. The fraction of sp³-hybridized carbons (Fsp3) is 0.200. The molecule has 11 heteroatoms. The number of hydrogen-bond donors (Lipinski definition) is 1. The summed E-state index contributed by atoms with van der Waals surface area (Å²) < 4.78 is 29.5. The van der Waals surface area contributed by atoms with E-state index in [1.165, 1.54) is 30.3 Å². The zero-order valence-corrected chi connectivity index (χ0v) is 18.5. The van der Waals surface area contributed by atoms with Crippen LogP contribution < -0.4 is 5.32 Å². The summed E-state index contributed by atoms with van der Waals surface area (Å²) in [6.45, 7) is 3.11. The maximum atomic E-state index is 12.4. The number of aryl methyl sites for hydroxylation is 2. The molecule has 0 fully saturated rings. The van der Waals surface area contributed by atoms with Gasteiger partial charge < -0.3 is 10.1 Å². The van der Waals surface area contributed by atoms with Crippen LogP contribution in [-0.4, -0.2) is 47.9 Å². The highest BCUT2D eigenvalue weighted by Crippen LogP contribution is 2.19. The van der Waals surface area contributed by atoms with E-state index in [1.807, 2.05) is 19.9 Å². The number of halogens is 1. The Morgan fingerprint density at radius 2 is 1.81 bits per heavy atom. The number of carbonyl (C=O) groups excluding carboxylic acids is 2. The van der Waals surface area contributed by atoms with Crippen LogP contribution in [0.15, 0.2) is 47.4 Å². The van der Waals surface area contributed by atoms with Crippen molar-refractivity contribution >= 4 is 39.0 Å². The van der Waals surface area contributed by atoms with E-state index >= 15 is 0 Å². The van der Waals surface area contributed by atoms with Gasteiger partial charge in [0.25, 0.3) is 5.91 Å². The quantitative estimate of drug-likeness (QED) is 0.559. The molecule has 0 spiro atoms. The van der Waals surface area contributed by atoms with Crippen LogP contribution >= 0.6 is 11.6 Å². The van der Waals surface area contributed by atoms with Gasteiger partial charge in [-0.2, -0.15) is 5.10 Å². The van der Waals surface area contributed by atoms with E-state index in [4.69, 9.17) is 16.3 Å². The first-order valence-electron chi connectivity index (χ1n) is 9.02. The third-order valence-corrected chi connectivity index (χ3v) is 5.59. The minimum absolute atomic E-state index is 0.0760. The number of pyridine rings is 1. The SMILES string of the molecule is Cc1cc(C)n(-c2ccc(Cl)c(C(=O)OCC(=O)Nc3ccc(S(C)(=O)=O)cc3)n2)n1. The fourth-order valence-corrected chi connectivity index (χ4v) is 3.55. The summed E-state index contributed by atoms with van der Waals surface area (Å²) in [5.74, 6) is -1.08. The van der Waals surface area contributed by atoms with Gasteiger partial charge in [-0.3, -0.25) is 4.79 Å². The zero-order valence-electron chi connectivity index (χ0n) is 16.9. The second kappa shape index (κ2) is 8.86. The third-order valence-electron chi connectivity index (χ3n) is 4.15. The molecule has 2 aromatic heterocycles. The number of aromatic nitrogens is 3. The molecule has 0 unspecified atom stereocenters. The highest BCUT2D eigenvalue weighted by Gasteiger charge is 2.18. The Labute approximate surface area is 183 Å². The van der Waals surface area contributed by atoms with E-state index < -0.39 is 28.3 Å². The van der Waals surface area contributed by atoms with Crippen molar-refractivity contribution in [2.24, 2.45) is 0 Å². The molecular formula is C20H19ClN4O5S. The number of carbonyl (C=O) groups is 2. The number of rotatable bonds is 6. The molecule has 0 atom stereocenters. The van der Waals surface area contributed by atoms with Crippen molar-refractivity contribution in [1.29, 1.82) is 0 Å². The zero-order chi connectivity index (χ0) is 22.8. The lowest BCUT2D eigenvalue weighted by molar-refractivity contribution is -0.119. The Hall–Kier alpha value is -3.24. The highest BCUT2D eigenvalue weighted by atomic mass is 35.5. The lowest BCUT2D eigenvalue weighted by Gasteiger charge is -2.09. The van der Waals surface area contributed by atoms with Gasteiger partial charge in [-0.1, -0.05) is 11.6 Å². The lowest BCUT2D eigenvalue weighted by Crippen LogP contribution is -2.21. The van der Waals surface area contributed by atoms with Gasteiger partial charge >= 0.3 is 5.97 Å². The third kappa shape index (κ3) is 5.47. The summed E-state index contributed by atoms with van der Waals surface area (Å²) in [5, 5.41) is 6.90. The predicted molar refractivity (Wildman–Crippen MR) is 114 cm³/mol. The summed E-state index contributed by atoms with van der Waals surface area (Å²) in [6.07, 6.45) is 1.09. The van der Waals surface area contributed by atoms with Crippen molar-refractivity contribution in [2.75, 3.05) is 18.2 Å². The molecule has 31 heavy (non-hydrogen) atoms. The van der Waals surface area contributed by atoms with E-state index in [-0.39, 0.29) is 15.6 Å². The first kappa shape index (κ1) is 22.4. The number of amides is 1. The first-order valence-corrected chi connectivity index (χ1v) is 11.3. The molecule has 2 heterocycles. The first-order chi connectivity index (χ1) is 14.5. The number of benzene rings is 1. The summed E-state index contributed by atoms with van der Waals surface area (Å²) in [7, 11) is -3.34. The van der Waals surface area contributed by atoms with Crippen LogP contribution in [0.5, 0.6) is 0 Å². The molecule has 1 aromatic carbocycles. The Balaban J connectivity index is 1.66. The molecule has 1 N–H and O–H groups in total. The van der Waals surface area contributed by atoms with Crippen molar-refractivity contribution in [3.63, 3.8) is 0 Å². The average Bonchev–Trinajstić information content (AvgIpc) is 3.04. The van der Waals surface area contributed by atoms with Gasteiger partial charge in [0.2, 0.25) is 0 Å². The number of hydrogen-bond acceptors (Lipinski definition) is 7. The van der Waals surface area contributed by atoms with Crippen LogP contribution in [-0.2, 0) is 19.4 Å². The van der Waals surface area contributed by atoms with Gasteiger partial charge in [0, 0.05) is 17.6 Å². The molecule has 1 amide bonds. The van der Waals surface area contributed by atoms with E-state index in [9.17, 15) is 18.0 Å². The molecule has 162 valence electrons. The lowest BCUT2D eigenvalue weighted by atomic mass is 10.3. The highest BCUT2D eigenvalue weighted by molar-refractivity contribution is 7.90. The van der Waals surface area contributed by atoms with Crippen molar-refractivity contribution < 1.29 is 22.7 Å². The molecule has 3 rings (SSSR count). The van der Waals surface area contributed by atoms with Crippen molar-refractivity contribution in [3.8, 4) is 5.82 Å². The Kier molecular flexibility index (Phi) is 6.42. The number of nitrogens with one attached hydrogen (secondary N) is 1. The molecule has 9 nitrogen and oxygen atoms in total. The fourth-order valence-electron chi connectivity index (χ4n) is 2.74. The molecular weight excluding hydrogens is 444 g/mol. The van der Waals surface area contributed by atoms with Crippen LogP contribution in [0.25, 0.3) is 5.82 Å². The summed E-state index contributed by atoms with van der Waals surface area (Å²) in [6, 6.07) is 10.6. The van der Waals surface area contributed by atoms with Crippen molar-refractivity contribution in [3.05, 3.63) is 64.6 Å². The van der Waals surface area contributed by atoms with Gasteiger partial charge in [-0.05, 0) is 56.3 Å². The summed E-state index contributed by atoms with van der Waals surface area (Å²) in [4.78, 5) is 28.8. The number of anilines is 1. The Morgan fingerprint density at radius 1 is 1.13 bits per heavy atom. The van der Waals surface area contributed by atoms with Crippen LogP contribution in [0.1, 0.15) is 21.9 Å². The minimum Gasteiger partial charge on any atom is -0.451 e. The van der Waals surface area contributed by atoms with Gasteiger partial charge in [0.05, 0.1) is 15.6 Å². The van der Waals surface area contributed by atoms with Gasteiger partial charge in [-0.25, -0.2) is 22.9 Å². The molecule has 0 aliphatic heterocycles. The molecule has 0 aliphatic carbocycles. The molecule has 0 saturated heterocycles. The van der Waals surface area contributed by atoms with Crippen LogP contribution in [0, 0.1) is 13.8 Å². The minimum atomic E-state index is -3.34. The van der Waals surface area contributed by atoms with Crippen molar-refractivity contribution in [2.45, 2.75) is 18.7 Å². The second-order valence-electron chi connectivity index (χ2n) is 6.76. The second-order valence-corrected chi connectivity index (χ2v) is 9.18. The van der Waals surface area contributed by atoms with E-state index in [0.29, 0.717) is 11.5 Å². The number of esters is 1. The summed E-state index contributed by atoms with van der Waals surface area (Å²) >= 11 is 6.08. The molecule has 3 aromatic rings. The summed E-state index contributed by atoms with van der Waals surface area (Å²) in [5.41, 5.74) is 1.83. The topological polar surface area (TPSA) is 120 Å². The van der Waals surface area contributed by atoms with E-state index in [0.717, 1.165) is 17.6 Å². The van der Waals surface area contributed by atoms with Crippen LogP contribution in [0.4, 0.5) is 5.69 Å². The van der Waals surface area contributed by atoms with E-state index in [1.54, 1.807) is 10.7 Å². The maximum Gasteiger partial charge on any atom is 0.359 e. The monoisotopic (exact) mass is 462 g/mol. The largest absolute Gasteiger partial charge is 0.451 e. The normalized spacial score (nSPS) is 11.2. The molecule has 0 radical (unpaired) electrons. The molecule has 0 bridgehead atoms. The van der Waals surface area contributed by atoms with Crippen molar-refractivity contribution in [1.82, 2.24) is 14.8 Å². The van der Waals surface area contributed by atoms with E-state index in [2.05, 4.69) is 15.4 Å². The molecule has 0 saturated carbocycles. The maximum absolute atomic E-state index is 12.4. The standard InChI is InChI=1S/C20H19ClN4O5S/c1-12-10-13(2)25(24-12)17-9-8-16(21)19(23-17)20(27)30-11-18(26)22-14-4-6-15(7-5-14)31(3,28)29/h4-10H,11H2,1-3H3,(H,22,26).